The van der Waals surface area contributed by atoms with Gasteiger partial charge in [-0.15, -0.1) is 0 Å². The largest absolute Gasteiger partial charge is 0.324 e. The van der Waals surface area contributed by atoms with E-state index < -0.39 is 16.4 Å². The highest BCUT2D eigenvalue weighted by molar-refractivity contribution is 6.32. The lowest BCUT2D eigenvalue weighted by Gasteiger charge is -2.16. The number of anilines is 1. The zero-order valence-corrected chi connectivity index (χ0v) is 14.7. The van der Waals surface area contributed by atoms with E-state index in [4.69, 9.17) is 11.6 Å². The minimum absolute atomic E-state index is 0.251. The number of carbonyl (C=O) groups is 1. The molecular formula is C17H18ClN3O4. The van der Waals surface area contributed by atoms with Gasteiger partial charge in [0.15, 0.2) is 0 Å². The van der Waals surface area contributed by atoms with Crippen molar-refractivity contribution >= 4 is 28.9 Å². The topological polar surface area (TPSA) is 94.2 Å². The van der Waals surface area contributed by atoms with Gasteiger partial charge in [-0.2, -0.15) is 0 Å². The van der Waals surface area contributed by atoms with Crippen LogP contribution in [0.5, 0.6) is 0 Å². The lowest BCUT2D eigenvalue weighted by molar-refractivity contribution is -0.385. The fourth-order valence-electron chi connectivity index (χ4n) is 2.55. The average molecular weight is 364 g/mol. The number of benzene rings is 1. The predicted molar refractivity (Wildman–Crippen MR) is 96.2 cm³/mol. The van der Waals surface area contributed by atoms with Crippen molar-refractivity contribution in [2.24, 2.45) is 0 Å². The number of aryl methyl sites for hydroxylation is 1. The summed E-state index contributed by atoms with van der Waals surface area (Å²) in [5.41, 5.74) is 1.65. The first kappa shape index (κ1) is 18.7. The SMILES string of the molecule is CCc1ccc(Cl)c(CC)c1NC(=O)Cn1cc([N+](=O)[O-])ccc1=O. The number of hydrogen-bond donors (Lipinski definition) is 1. The molecule has 0 fully saturated rings. The van der Waals surface area contributed by atoms with Crippen LogP contribution in [0.4, 0.5) is 11.4 Å². The molecule has 132 valence electrons. The van der Waals surface area contributed by atoms with Crippen molar-refractivity contribution in [3.8, 4) is 0 Å². The maximum absolute atomic E-state index is 12.4. The van der Waals surface area contributed by atoms with Gasteiger partial charge in [-0.05, 0) is 30.0 Å². The molecule has 0 aliphatic rings. The molecule has 25 heavy (non-hydrogen) atoms. The summed E-state index contributed by atoms with van der Waals surface area (Å²) in [7, 11) is 0. The third-order valence-electron chi connectivity index (χ3n) is 3.83. The van der Waals surface area contributed by atoms with Gasteiger partial charge in [0.2, 0.25) is 5.91 Å². The van der Waals surface area contributed by atoms with Crippen LogP contribution in [-0.2, 0) is 24.2 Å². The summed E-state index contributed by atoms with van der Waals surface area (Å²) in [6.07, 6.45) is 2.40. The molecule has 1 aromatic carbocycles. The van der Waals surface area contributed by atoms with Gasteiger partial charge in [-0.3, -0.25) is 24.3 Å². The number of hydrogen-bond acceptors (Lipinski definition) is 4. The Balaban J connectivity index is 2.30. The third-order valence-corrected chi connectivity index (χ3v) is 4.19. The first-order valence-electron chi connectivity index (χ1n) is 7.82. The molecule has 8 heteroatoms. The number of aromatic nitrogens is 1. The number of rotatable bonds is 6. The molecule has 7 nitrogen and oxygen atoms in total. The van der Waals surface area contributed by atoms with Crippen molar-refractivity contribution in [1.29, 1.82) is 0 Å². The third kappa shape index (κ3) is 4.24. The number of nitro groups is 1. The van der Waals surface area contributed by atoms with Crippen LogP contribution in [0.25, 0.3) is 0 Å². The number of carbonyl (C=O) groups excluding carboxylic acids is 1. The molecule has 0 saturated heterocycles. The number of nitrogens with one attached hydrogen (secondary N) is 1. The summed E-state index contributed by atoms with van der Waals surface area (Å²) < 4.78 is 1.01. The van der Waals surface area contributed by atoms with E-state index in [0.29, 0.717) is 23.6 Å². The molecule has 2 rings (SSSR count). The Bertz CT molecular complexity index is 877. The van der Waals surface area contributed by atoms with Crippen LogP contribution >= 0.6 is 11.6 Å². The summed E-state index contributed by atoms with van der Waals surface area (Å²) in [6.45, 7) is 3.57. The Hall–Kier alpha value is -2.67. The summed E-state index contributed by atoms with van der Waals surface area (Å²) in [5, 5.41) is 14.2. The first-order valence-corrected chi connectivity index (χ1v) is 8.20. The van der Waals surface area contributed by atoms with Crippen LogP contribution in [0.1, 0.15) is 25.0 Å². The molecule has 0 saturated carbocycles. The van der Waals surface area contributed by atoms with Crippen LogP contribution in [0.3, 0.4) is 0 Å². The van der Waals surface area contributed by atoms with Crippen LogP contribution in [0.2, 0.25) is 5.02 Å². The molecule has 0 bridgehead atoms. The average Bonchev–Trinajstić information content (AvgIpc) is 2.57. The maximum Gasteiger partial charge on any atom is 0.285 e. The molecule has 0 radical (unpaired) electrons. The van der Waals surface area contributed by atoms with Crippen LogP contribution in [-0.4, -0.2) is 15.4 Å². The predicted octanol–water partition coefficient (Wildman–Crippen LogP) is 3.17. The normalized spacial score (nSPS) is 10.5. The molecule has 0 aliphatic heterocycles. The highest BCUT2D eigenvalue weighted by Crippen LogP contribution is 2.29. The Morgan fingerprint density at radius 1 is 1.24 bits per heavy atom. The Morgan fingerprint density at radius 2 is 1.96 bits per heavy atom. The van der Waals surface area contributed by atoms with E-state index >= 15 is 0 Å². The number of pyridine rings is 1. The number of halogens is 1. The molecule has 1 heterocycles. The minimum atomic E-state index is -0.616. The molecule has 1 N–H and O–H groups in total. The van der Waals surface area contributed by atoms with Crippen molar-refractivity contribution in [3.63, 3.8) is 0 Å². The standard InChI is InChI=1S/C17H18ClN3O4/c1-3-11-5-7-14(18)13(4-2)17(11)19-15(22)10-20-9-12(21(24)25)6-8-16(20)23/h5-9H,3-4,10H2,1-2H3,(H,19,22). The lowest BCUT2D eigenvalue weighted by atomic mass is 10.0. The van der Waals surface area contributed by atoms with Gasteiger partial charge in [0.05, 0.1) is 11.1 Å². The van der Waals surface area contributed by atoms with Crippen LogP contribution in [0.15, 0.2) is 35.3 Å². The van der Waals surface area contributed by atoms with Gasteiger partial charge in [-0.25, -0.2) is 0 Å². The number of amides is 1. The second-order valence-corrected chi connectivity index (χ2v) is 5.83. The summed E-state index contributed by atoms with van der Waals surface area (Å²) in [5.74, 6) is -0.450. The summed E-state index contributed by atoms with van der Waals surface area (Å²) in [6, 6.07) is 5.81. The fourth-order valence-corrected chi connectivity index (χ4v) is 2.84. The van der Waals surface area contributed by atoms with Crippen molar-refractivity contribution in [2.75, 3.05) is 5.32 Å². The fraction of sp³-hybridized carbons (Fsp3) is 0.294. The van der Waals surface area contributed by atoms with E-state index in [2.05, 4.69) is 5.32 Å². The minimum Gasteiger partial charge on any atom is -0.324 e. The molecule has 0 atom stereocenters. The van der Waals surface area contributed by atoms with Crippen LogP contribution < -0.4 is 10.9 Å². The van der Waals surface area contributed by atoms with Gasteiger partial charge in [0.25, 0.3) is 11.2 Å². The monoisotopic (exact) mass is 363 g/mol. The highest BCUT2D eigenvalue weighted by atomic mass is 35.5. The van der Waals surface area contributed by atoms with E-state index in [0.717, 1.165) is 34.0 Å². The molecule has 0 spiro atoms. The molecule has 2 aromatic rings. The Morgan fingerprint density at radius 3 is 2.56 bits per heavy atom. The van der Waals surface area contributed by atoms with Gasteiger partial charge in [0, 0.05) is 22.8 Å². The smallest absolute Gasteiger partial charge is 0.285 e. The van der Waals surface area contributed by atoms with E-state index in [1.165, 1.54) is 0 Å². The molecular weight excluding hydrogens is 346 g/mol. The Labute approximate surface area is 149 Å². The zero-order chi connectivity index (χ0) is 18.6. The second-order valence-electron chi connectivity index (χ2n) is 5.43. The van der Waals surface area contributed by atoms with Gasteiger partial charge in [-0.1, -0.05) is 31.5 Å². The van der Waals surface area contributed by atoms with Gasteiger partial charge in [0.1, 0.15) is 6.54 Å². The van der Waals surface area contributed by atoms with E-state index in [9.17, 15) is 19.7 Å². The van der Waals surface area contributed by atoms with Crippen molar-refractivity contribution in [3.05, 3.63) is 67.1 Å². The van der Waals surface area contributed by atoms with Gasteiger partial charge < -0.3 is 5.32 Å². The lowest BCUT2D eigenvalue weighted by Crippen LogP contribution is -2.27. The van der Waals surface area contributed by atoms with E-state index in [-0.39, 0.29) is 12.2 Å². The quantitative estimate of drug-likeness (QED) is 0.630. The molecule has 0 unspecified atom stereocenters. The van der Waals surface area contributed by atoms with Crippen molar-refractivity contribution in [2.45, 2.75) is 33.2 Å². The van der Waals surface area contributed by atoms with Crippen LogP contribution in [0, 0.1) is 10.1 Å². The zero-order valence-electron chi connectivity index (χ0n) is 13.9. The summed E-state index contributed by atoms with van der Waals surface area (Å²) >= 11 is 6.20. The van der Waals surface area contributed by atoms with E-state index in [1.54, 1.807) is 6.07 Å². The van der Waals surface area contributed by atoms with Gasteiger partial charge >= 0.3 is 0 Å². The van der Waals surface area contributed by atoms with Crippen molar-refractivity contribution < 1.29 is 9.72 Å². The number of nitrogens with zero attached hydrogens (tertiary/aromatic N) is 2. The molecule has 1 aromatic heterocycles. The summed E-state index contributed by atoms with van der Waals surface area (Å²) in [4.78, 5) is 34.4. The first-order chi connectivity index (χ1) is 11.9. The molecule has 0 aliphatic carbocycles. The molecule has 1 amide bonds. The highest BCUT2D eigenvalue weighted by Gasteiger charge is 2.15. The maximum atomic E-state index is 12.4. The Kier molecular flexibility index (Phi) is 5.93. The second kappa shape index (κ2) is 7.94. The van der Waals surface area contributed by atoms with Crippen molar-refractivity contribution in [1.82, 2.24) is 4.57 Å². The van der Waals surface area contributed by atoms with E-state index in [1.807, 2.05) is 19.9 Å².